The molecule has 0 spiro atoms. The number of benzene rings is 1. The Kier molecular flexibility index (Phi) is 8.36. The van der Waals surface area contributed by atoms with Crippen molar-refractivity contribution in [1.29, 1.82) is 5.26 Å². The van der Waals surface area contributed by atoms with E-state index in [1.54, 1.807) is 19.9 Å². The van der Waals surface area contributed by atoms with Crippen LogP contribution in [-0.2, 0) is 11.0 Å². The van der Waals surface area contributed by atoms with E-state index in [1.807, 2.05) is 0 Å². The second-order valence-electron chi connectivity index (χ2n) is 7.90. The van der Waals surface area contributed by atoms with Gasteiger partial charge >= 0.3 is 6.18 Å². The van der Waals surface area contributed by atoms with E-state index in [0.29, 0.717) is 5.17 Å². The largest absolute Gasteiger partial charge is 0.417 e. The second-order valence-corrected chi connectivity index (χ2v) is 8.97. The van der Waals surface area contributed by atoms with Crippen molar-refractivity contribution in [3.05, 3.63) is 29.3 Å². The van der Waals surface area contributed by atoms with E-state index in [0.717, 1.165) is 37.1 Å². The lowest BCUT2D eigenvalue weighted by molar-refractivity contribution is -0.137. The van der Waals surface area contributed by atoms with Gasteiger partial charge in [-0.1, -0.05) is 57.2 Å². The molecule has 4 nitrogen and oxygen atoms in total. The first kappa shape index (κ1) is 24.3. The molecule has 0 radical (unpaired) electrons. The molecule has 0 N–H and O–H groups in total. The number of anilines is 1. The number of amidine groups is 1. The molecule has 0 fully saturated rings. The fraction of sp³-hybridized carbons (Fsp3) is 0.591. The lowest BCUT2D eigenvalue weighted by Crippen LogP contribution is -2.38. The Labute approximate surface area is 180 Å². The topological polar surface area (TPSA) is 56.5 Å². The minimum atomic E-state index is -4.68. The number of hydrogen-bond acceptors (Lipinski definition) is 4. The van der Waals surface area contributed by atoms with Crippen molar-refractivity contribution in [3.8, 4) is 6.07 Å². The maximum Gasteiger partial charge on any atom is 0.417 e. The van der Waals surface area contributed by atoms with Crippen LogP contribution in [0.5, 0.6) is 0 Å². The molecular formula is C22H28F3N3OS. The Bertz CT molecular complexity index is 828. The van der Waals surface area contributed by atoms with Crippen LogP contribution in [0.25, 0.3) is 0 Å². The molecule has 2 rings (SSSR count). The molecule has 0 atom stereocenters. The van der Waals surface area contributed by atoms with Crippen molar-refractivity contribution in [2.24, 2.45) is 4.99 Å². The maximum atomic E-state index is 13.4. The number of hydrogen-bond donors (Lipinski definition) is 0. The van der Waals surface area contributed by atoms with Crippen LogP contribution in [0.2, 0.25) is 0 Å². The standard InChI is InChI=1S/C22H28F3N3OS/c1-4-5-6-7-8-9-10-13-30-20-27-21(2,3)19(29)28(20)17-12-11-16(15-26)18(14-17)22(23,24)25/h11-12,14H,4-10,13H2,1-3H3. The number of nitrogens with zero attached hydrogens (tertiary/aromatic N) is 3. The summed E-state index contributed by atoms with van der Waals surface area (Å²) in [7, 11) is 0. The van der Waals surface area contributed by atoms with Crippen molar-refractivity contribution in [2.75, 3.05) is 10.7 Å². The molecule has 30 heavy (non-hydrogen) atoms. The van der Waals surface area contributed by atoms with Gasteiger partial charge in [0.05, 0.1) is 22.9 Å². The number of halogens is 3. The van der Waals surface area contributed by atoms with E-state index in [9.17, 15) is 18.0 Å². The molecule has 0 saturated carbocycles. The van der Waals surface area contributed by atoms with Crippen molar-refractivity contribution < 1.29 is 18.0 Å². The van der Waals surface area contributed by atoms with Crippen molar-refractivity contribution in [3.63, 3.8) is 0 Å². The molecule has 0 saturated heterocycles. The zero-order valence-corrected chi connectivity index (χ0v) is 18.5. The minimum Gasteiger partial charge on any atom is -0.271 e. The Morgan fingerprint density at radius 3 is 2.37 bits per heavy atom. The summed E-state index contributed by atoms with van der Waals surface area (Å²) in [5, 5.41) is 9.41. The number of rotatable bonds is 9. The van der Waals surface area contributed by atoms with Gasteiger partial charge in [-0.2, -0.15) is 18.4 Å². The summed E-state index contributed by atoms with van der Waals surface area (Å²) in [5.74, 6) is 0.372. The van der Waals surface area contributed by atoms with Crippen LogP contribution >= 0.6 is 11.8 Å². The van der Waals surface area contributed by atoms with E-state index < -0.39 is 22.8 Å². The van der Waals surface area contributed by atoms with Gasteiger partial charge in [0.1, 0.15) is 5.54 Å². The van der Waals surface area contributed by atoms with Crippen molar-refractivity contribution >= 4 is 28.5 Å². The van der Waals surface area contributed by atoms with E-state index >= 15 is 0 Å². The summed E-state index contributed by atoms with van der Waals surface area (Å²) in [4.78, 5) is 18.6. The molecule has 1 aromatic rings. The quantitative estimate of drug-likeness (QED) is 0.410. The van der Waals surface area contributed by atoms with E-state index in [-0.39, 0.29) is 11.6 Å². The monoisotopic (exact) mass is 439 g/mol. The maximum absolute atomic E-state index is 13.4. The van der Waals surface area contributed by atoms with Crippen LogP contribution in [0.1, 0.15) is 76.8 Å². The van der Waals surface area contributed by atoms with Gasteiger partial charge in [0.15, 0.2) is 5.17 Å². The fourth-order valence-corrected chi connectivity index (χ4v) is 4.39. The average molecular weight is 440 g/mol. The van der Waals surface area contributed by atoms with Crippen LogP contribution < -0.4 is 4.90 Å². The third kappa shape index (κ3) is 6.00. The first-order valence-electron chi connectivity index (χ1n) is 10.3. The Hall–Kier alpha value is -2.01. The zero-order chi connectivity index (χ0) is 22.4. The van der Waals surface area contributed by atoms with Gasteiger partial charge in [-0.05, 0) is 38.5 Å². The number of nitriles is 1. The van der Waals surface area contributed by atoms with Crippen molar-refractivity contribution in [1.82, 2.24) is 0 Å². The third-order valence-corrected chi connectivity index (χ3v) is 5.98. The van der Waals surface area contributed by atoms with Crippen LogP contribution in [0, 0.1) is 11.3 Å². The normalized spacial score (nSPS) is 16.0. The summed E-state index contributed by atoms with van der Waals surface area (Å²) >= 11 is 1.39. The molecule has 0 aromatic heterocycles. The summed E-state index contributed by atoms with van der Waals surface area (Å²) in [6, 6.07) is 4.91. The predicted molar refractivity (Wildman–Crippen MR) is 116 cm³/mol. The molecule has 1 amide bonds. The molecule has 1 heterocycles. The van der Waals surface area contributed by atoms with Crippen LogP contribution in [0.15, 0.2) is 23.2 Å². The highest BCUT2D eigenvalue weighted by Gasteiger charge is 2.43. The smallest absolute Gasteiger partial charge is 0.271 e. The highest BCUT2D eigenvalue weighted by atomic mass is 32.2. The zero-order valence-electron chi connectivity index (χ0n) is 17.7. The number of carbonyl (C=O) groups is 1. The summed E-state index contributed by atoms with van der Waals surface area (Å²) in [6.07, 6.45) is 3.43. The van der Waals surface area contributed by atoms with Crippen LogP contribution in [0.3, 0.4) is 0 Å². The van der Waals surface area contributed by atoms with Gasteiger partial charge in [-0.3, -0.25) is 9.69 Å². The third-order valence-electron chi connectivity index (χ3n) is 4.96. The van der Waals surface area contributed by atoms with E-state index in [4.69, 9.17) is 5.26 Å². The molecule has 1 aliphatic rings. The molecule has 1 aliphatic heterocycles. The molecule has 0 unspecified atom stereocenters. The number of unbranched alkanes of at least 4 members (excludes halogenated alkanes) is 6. The van der Waals surface area contributed by atoms with Gasteiger partial charge in [0, 0.05) is 5.75 Å². The van der Waals surface area contributed by atoms with Gasteiger partial charge in [0.25, 0.3) is 5.91 Å². The Balaban J connectivity index is 2.11. The summed E-state index contributed by atoms with van der Waals surface area (Å²) < 4.78 is 40.1. The van der Waals surface area contributed by atoms with Gasteiger partial charge in [-0.25, -0.2) is 4.99 Å². The Morgan fingerprint density at radius 2 is 1.77 bits per heavy atom. The minimum absolute atomic E-state index is 0.0858. The van der Waals surface area contributed by atoms with Gasteiger partial charge in [0.2, 0.25) is 0 Å². The number of carbonyl (C=O) groups excluding carboxylic acids is 1. The second kappa shape index (κ2) is 10.3. The number of amides is 1. The SMILES string of the molecule is CCCCCCCCCSC1=NC(C)(C)C(=O)N1c1ccc(C#N)c(C(F)(F)F)c1. The average Bonchev–Trinajstić information content (AvgIpc) is 2.91. The van der Waals surface area contributed by atoms with Crippen LogP contribution in [-0.4, -0.2) is 22.4 Å². The molecule has 8 heteroatoms. The fourth-order valence-electron chi connectivity index (χ4n) is 3.25. The lowest BCUT2D eigenvalue weighted by Gasteiger charge is -2.22. The highest BCUT2D eigenvalue weighted by molar-refractivity contribution is 8.14. The molecule has 0 aliphatic carbocycles. The number of aliphatic imine (C=N–C) groups is 1. The first-order valence-corrected chi connectivity index (χ1v) is 11.3. The number of alkyl halides is 3. The lowest BCUT2D eigenvalue weighted by atomic mass is 10.0. The van der Waals surface area contributed by atoms with Gasteiger partial charge in [-0.15, -0.1) is 0 Å². The molecule has 1 aromatic carbocycles. The summed E-state index contributed by atoms with van der Waals surface area (Å²) in [6.45, 7) is 5.48. The number of thioether (sulfide) groups is 1. The first-order chi connectivity index (χ1) is 14.1. The Morgan fingerprint density at radius 1 is 1.13 bits per heavy atom. The molecule has 0 bridgehead atoms. The van der Waals surface area contributed by atoms with Crippen molar-refractivity contribution in [2.45, 2.75) is 77.4 Å². The highest BCUT2D eigenvalue weighted by Crippen LogP contribution is 2.37. The molecular weight excluding hydrogens is 411 g/mol. The predicted octanol–water partition coefficient (Wildman–Crippen LogP) is 6.54. The van der Waals surface area contributed by atoms with E-state index in [1.165, 1.54) is 48.4 Å². The summed E-state index contributed by atoms with van der Waals surface area (Å²) in [5.41, 5.74) is -2.46. The van der Waals surface area contributed by atoms with E-state index in [2.05, 4.69) is 11.9 Å². The van der Waals surface area contributed by atoms with Crippen LogP contribution in [0.4, 0.5) is 18.9 Å². The van der Waals surface area contributed by atoms with Gasteiger partial charge < -0.3 is 0 Å². The molecule has 164 valence electrons.